The number of hydrogen-bond donors (Lipinski definition) is 0. The molecular formula is C83H47F7IrN3. The van der Waals surface area contributed by atoms with E-state index in [1.54, 1.807) is 56.4 Å². The van der Waals surface area contributed by atoms with Gasteiger partial charge in [0.05, 0.1) is 0 Å². The fourth-order valence-electron chi connectivity index (χ4n) is 12.8. The van der Waals surface area contributed by atoms with Crippen molar-refractivity contribution >= 4 is 32.3 Å². The van der Waals surface area contributed by atoms with Gasteiger partial charge < -0.3 is 15.0 Å². The van der Waals surface area contributed by atoms with Gasteiger partial charge in [-0.25, -0.2) is 13.2 Å². The third-order valence-electron chi connectivity index (χ3n) is 17.3. The van der Waals surface area contributed by atoms with Gasteiger partial charge in [0.2, 0.25) is 0 Å². The van der Waals surface area contributed by atoms with E-state index in [0.717, 1.165) is 68.2 Å². The summed E-state index contributed by atoms with van der Waals surface area (Å²) in [4.78, 5) is 14.2. The van der Waals surface area contributed by atoms with Crippen LogP contribution in [0.15, 0.2) is 249 Å². The molecule has 0 bridgehead atoms. The number of pyridine rings is 3. The number of fused-ring (bicyclic) bond motifs is 6. The third-order valence-corrected chi connectivity index (χ3v) is 17.3. The van der Waals surface area contributed by atoms with Gasteiger partial charge in [-0.05, 0) is 207 Å². The van der Waals surface area contributed by atoms with Crippen LogP contribution in [0.4, 0.5) is 30.7 Å². The van der Waals surface area contributed by atoms with Crippen LogP contribution in [-0.2, 0) is 20.1 Å². The maximum atomic E-state index is 16.5. The number of aromatic nitrogens is 3. The molecule has 0 radical (unpaired) electrons. The molecule has 0 saturated heterocycles. The van der Waals surface area contributed by atoms with Crippen molar-refractivity contribution in [3.8, 4) is 123 Å². The number of rotatable bonds is 11. The minimum atomic E-state index is -0.844. The molecule has 3 heterocycles. The van der Waals surface area contributed by atoms with Crippen LogP contribution in [0.25, 0.3) is 155 Å². The van der Waals surface area contributed by atoms with Crippen LogP contribution < -0.4 is 0 Å². The van der Waals surface area contributed by atoms with Crippen LogP contribution in [0.1, 0.15) is 11.1 Å². The molecule has 3 nitrogen and oxygen atoms in total. The molecule has 0 saturated carbocycles. The second-order valence-electron chi connectivity index (χ2n) is 23.0. The van der Waals surface area contributed by atoms with Gasteiger partial charge in [0.1, 0.15) is 17.5 Å². The van der Waals surface area contributed by atoms with Crippen molar-refractivity contribution in [2.24, 2.45) is 0 Å². The molecule has 3 aromatic heterocycles. The zero-order chi connectivity index (χ0) is 63.6. The first-order valence-electron chi connectivity index (χ1n) is 29.9. The van der Waals surface area contributed by atoms with Crippen molar-refractivity contribution in [3.63, 3.8) is 0 Å². The van der Waals surface area contributed by atoms with Crippen LogP contribution in [0, 0.1) is 72.8 Å². The topological polar surface area (TPSA) is 38.7 Å². The molecule has 94 heavy (non-hydrogen) atoms. The molecule has 15 aromatic rings. The Balaban J connectivity index is 0.00000763. The molecule has 0 aliphatic heterocycles. The van der Waals surface area contributed by atoms with Gasteiger partial charge in [-0.2, -0.15) is 0 Å². The molecule has 0 amide bonds. The van der Waals surface area contributed by atoms with Gasteiger partial charge in [-0.3, -0.25) is 17.6 Å². The van der Waals surface area contributed by atoms with E-state index in [0.29, 0.717) is 83.6 Å². The number of halogens is 7. The summed E-state index contributed by atoms with van der Waals surface area (Å²) in [6.07, 6.45) is 4.85. The summed E-state index contributed by atoms with van der Waals surface area (Å²) in [6, 6.07) is 75.6. The molecule has 11 heteroatoms. The van der Waals surface area contributed by atoms with E-state index in [9.17, 15) is 8.78 Å². The molecule has 0 aliphatic rings. The Morgan fingerprint density at radius 3 is 1.14 bits per heavy atom. The minimum absolute atomic E-state index is 0. The average Bonchev–Trinajstić information content (AvgIpc) is 0.749. The first-order valence-corrected chi connectivity index (χ1v) is 29.9. The van der Waals surface area contributed by atoms with Crippen molar-refractivity contribution in [1.29, 1.82) is 0 Å². The second-order valence-corrected chi connectivity index (χ2v) is 23.0. The molecule has 0 aliphatic carbocycles. The van der Waals surface area contributed by atoms with Crippen molar-refractivity contribution in [2.75, 3.05) is 0 Å². The summed E-state index contributed by atoms with van der Waals surface area (Å²) in [5.41, 5.74) is 12.5. The van der Waals surface area contributed by atoms with Crippen molar-refractivity contribution in [3.05, 3.63) is 319 Å². The van der Waals surface area contributed by atoms with Gasteiger partial charge in [0.25, 0.3) is 0 Å². The Hall–Kier alpha value is -11.0. The summed E-state index contributed by atoms with van der Waals surface area (Å²) in [7, 11) is 0. The van der Waals surface area contributed by atoms with Crippen LogP contribution in [0.2, 0.25) is 0 Å². The Labute approximate surface area is 550 Å². The fourth-order valence-corrected chi connectivity index (χ4v) is 12.8. The van der Waals surface area contributed by atoms with Gasteiger partial charge in [0, 0.05) is 58.5 Å². The summed E-state index contributed by atoms with van der Waals surface area (Å²) >= 11 is 0. The quantitative estimate of drug-likeness (QED) is 0.0736. The van der Waals surface area contributed by atoms with E-state index in [1.165, 1.54) is 65.0 Å². The van der Waals surface area contributed by atoms with E-state index in [4.69, 9.17) is 4.98 Å². The number of aryl methyl sites for hydroxylation is 2. The first-order chi connectivity index (χ1) is 45.3. The van der Waals surface area contributed by atoms with Gasteiger partial charge in [0.15, 0.2) is 0 Å². The average molecular weight is 1410 g/mol. The number of hydrogen-bond acceptors (Lipinski definition) is 3. The first kappa shape index (κ1) is 60.6. The van der Waals surface area contributed by atoms with Gasteiger partial charge in [-0.15, -0.1) is 60.2 Å². The molecule has 0 N–H and O–H groups in total. The predicted octanol–water partition coefficient (Wildman–Crippen LogP) is 22.7. The van der Waals surface area contributed by atoms with Crippen molar-refractivity contribution in [1.82, 2.24) is 15.0 Å². The van der Waals surface area contributed by atoms with Crippen LogP contribution in [-0.4, -0.2) is 15.0 Å². The van der Waals surface area contributed by atoms with E-state index < -0.39 is 40.7 Å². The van der Waals surface area contributed by atoms with Crippen LogP contribution in [0.5, 0.6) is 0 Å². The van der Waals surface area contributed by atoms with Crippen molar-refractivity contribution in [2.45, 2.75) is 13.8 Å². The number of benzene rings is 12. The Kier molecular flexibility index (Phi) is 16.1. The maximum absolute atomic E-state index is 16.5. The molecule has 452 valence electrons. The zero-order valence-corrected chi connectivity index (χ0v) is 52.4. The fraction of sp³-hybridized carbons (Fsp3) is 0.0241. The summed E-state index contributed by atoms with van der Waals surface area (Å²) < 4.78 is 107. The Bertz CT molecular complexity index is 5320. The Morgan fingerprint density at radius 1 is 0.277 bits per heavy atom. The monoisotopic (exact) mass is 1410 g/mol. The normalized spacial score (nSPS) is 11.4. The summed E-state index contributed by atoms with van der Waals surface area (Å²) in [6.45, 7) is 3.59. The maximum Gasteiger partial charge on any atom is 3.00 e. The van der Waals surface area contributed by atoms with Gasteiger partial charge >= 0.3 is 20.1 Å². The third kappa shape index (κ3) is 11.3. The van der Waals surface area contributed by atoms with Crippen LogP contribution in [0.3, 0.4) is 0 Å². The van der Waals surface area contributed by atoms with Crippen molar-refractivity contribution < 1.29 is 50.8 Å². The summed E-state index contributed by atoms with van der Waals surface area (Å²) in [5.74, 6) is -4.99. The standard InChI is InChI=1S/C83H47F7N3.Ir/c1-47-32-82(69-30-24-59(87)41-79(69)89)92-44-76(47)66-27-21-56(84)38-71(66)53-34-54(72-39-57(85)22-28-67(72)77-45-93-83(33-48(77)2)70-31-25-60(88)42-80(70)90)36-55(35-53)73-40-58(86)23-29-68(73)78-46-91-81(51-10-4-3-5-11-51)43-74(78)50-18-16-49(17-19-50)52-20-26-65-63-14-7-6-12-61(63)62-13-8-9-15-64(62)75(65)37-52;/h3-10,12-29,32-46H,1-2H3;/q-3;+3. The molecule has 12 aromatic carbocycles. The minimum Gasteiger partial charge on any atom is -0.304 e. The zero-order valence-electron chi connectivity index (χ0n) is 50.0. The SMILES string of the molecule is Cc1cc(-c2[c-]cc(F)cc2F)ncc1-c1ccc(F)cc1-c1cc(-c2cc(F)ccc2-c2cnc(-c3[c-]cc(F)cc3F)cc2C)cc(-c2cc(F)ccc2-c2cnc(-c3[c-]cccc3)cc2-c2ccc(-c3ccc4c5ccccc5c5ccccc5c4c3)cc2)c1.[Ir+3]. The van der Waals surface area contributed by atoms with Crippen LogP contribution >= 0.6 is 0 Å². The number of nitrogens with zero attached hydrogens (tertiary/aromatic N) is 3. The van der Waals surface area contributed by atoms with Gasteiger partial charge in [-0.1, -0.05) is 145 Å². The molecular weight excluding hydrogens is 1360 g/mol. The van der Waals surface area contributed by atoms with E-state index in [-0.39, 0.29) is 42.6 Å². The molecule has 0 unspecified atom stereocenters. The molecule has 0 atom stereocenters. The molecule has 0 spiro atoms. The predicted molar refractivity (Wildman–Crippen MR) is 358 cm³/mol. The summed E-state index contributed by atoms with van der Waals surface area (Å²) in [5, 5.41) is 7.03. The largest absolute Gasteiger partial charge is 3.00 e. The smallest absolute Gasteiger partial charge is 0.304 e. The van der Waals surface area contributed by atoms with E-state index in [1.807, 2.05) is 42.5 Å². The van der Waals surface area contributed by atoms with E-state index >= 15 is 22.0 Å². The van der Waals surface area contributed by atoms with E-state index in [2.05, 4.69) is 119 Å². The molecule has 0 fully saturated rings. The molecule has 15 rings (SSSR count). The Morgan fingerprint density at radius 2 is 0.681 bits per heavy atom. The second kappa shape index (κ2) is 24.9.